The number of carboxylic acids is 1. The number of benzene rings is 2. The number of carboxylic acid groups (broad SMARTS) is 1. The zero-order chi connectivity index (χ0) is 28.2. The maximum absolute atomic E-state index is 13.0. The summed E-state index contributed by atoms with van der Waals surface area (Å²) in [6.07, 6.45) is 2.50. The molecular weight excluding hydrogens is 522 g/mol. The molecule has 0 spiro atoms. The molecule has 2 aromatic carbocycles. The Labute approximate surface area is 226 Å². The molecule has 39 heavy (non-hydrogen) atoms. The molecule has 0 radical (unpaired) electrons. The summed E-state index contributed by atoms with van der Waals surface area (Å²) in [5, 5.41) is 23.7. The summed E-state index contributed by atoms with van der Waals surface area (Å²) in [6.45, 7) is 7.78. The highest BCUT2D eigenvalue weighted by molar-refractivity contribution is 7.89. The SMILES string of the molecule is Cc1cc(C)c(S(=O)(=O)N[C@@H](CNC(=O)c2ccc3c(cnn3CCCNC3=NCCN3)c2)C(=O)O)c(C)c1. The van der Waals surface area contributed by atoms with E-state index in [0.717, 1.165) is 48.5 Å². The molecule has 1 atom stereocenters. The van der Waals surface area contributed by atoms with Gasteiger partial charge in [-0.15, -0.1) is 0 Å². The van der Waals surface area contributed by atoms with Crippen LogP contribution in [0.4, 0.5) is 0 Å². The molecule has 12 nitrogen and oxygen atoms in total. The van der Waals surface area contributed by atoms with Crippen molar-refractivity contribution in [3.8, 4) is 0 Å². The predicted octanol–water partition coefficient (Wildman–Crippen LogP) is 1.06. The summed E-state index contributed by atoms with van der Waals surface area (Å²) in [4.78, 5) is 29.0. The molecule has 208 valence electrons. The van der Waals surface area contributed by atoms with Crippen LogP contribution in [0, 0.1) is 20.8 Å². The second-order valence-corrected chi connectivity index (χ2v) is 11.2. The van der Waals surface area contributed by atoms with Crippen molar-refractivity contribution >= 4 is 38.8 Å². The van der Waals surface area contributed by atoms with Crippen LogP contribution in [0.2, 0.25) is 0 Å². The highest BCUT2D eigenvalue weighted by Gasteiger charge is 2.28. The fourth-order valence-electron chi connectivity index (χ4n) is 4.67. The number of fused-ring (bicyclic) bond motifs is 1. The number of nitrogens with zero attached hydrogens (tertiary/aromatic N) is 3. The third-order valence-electron chi connectivity index (χ3n) is 6.35. The molecule has 2 heterocycles. The Morgan fingerprint density at radius 3 is 2.56 bits per heavy atom. The van der Waals surface area contributed by atoms with E-state index in [1.807, 2.05) is 11.6 Å². The number of hydrogen-bond donors (Lipinski definition) is 5. The summed E-state index contributed by atoms with van der Waals surface area (Å²) in [7, 11) is -4.14. The Hall–Kier alpha value is -3.97. The van der Waals surface area contributed by atoms with Gasteiger partial charge in [0, 0.05) is 37.1 Å². The van der Waals surface area contributed by atoms with Crippen molar-refractivity contribution in [2.24, 2.45) is 4.99 Å². The Balaban J connectivity index is 1.37. The zero-order valence-corrected chi connectivity index (χ0v) is 22.9. The molecule has 0 bridgehead atoms. The third-order valence-corrected chi connectivity index (χ3v) is 8.13. The lowest BCUT2D eigenvalue weighted by atomic mass is 10.1. The van der Waals surface area contributed by atoms with Crippen molar-refractivity contribution in [1.82, 2.24) is 30.5 Å². The van der Waals surface area contributed by atoms with Crippen LogP contribution in [0.1, 0.15) is 33.5 Å². The highest BCUT2D eigenvalue weighted by Crippen LogP contribution is 2.22. The molecule has 1 amide bonds. The fraction of sp³-hybridized carbons (Fsp3) is 0.385. The molecule has 1 aromatic heterocycles. The first-order valence-corrected chi connectivity index (χ1v) is 14.1. The quantitative estimate of drug-likeness (QED) is 0.219. The third kappa shape index (κ3) is 6.73. The van der Waals surface area contributed by atoms with E-state index in [2.05, 4.69) is 30.8 Å². The van der Waals surface area contributed by atoms with Crippen molar-refractivity contribution in [2.45, 2.75) is 44.7 Å². The summed E-state index contributed by atoms with van der Waals surface area (Å²) < 4.78 is 30.1. The van der Waals surface area contributed by atoms with Gasteiger partial charge in [0.15, 0.2) is 5.96 Å². The molecule has 0 saturated heterocycles. The highest BCUT2D eigenvalue weighted by atomic mass is 32.2. The molecule has 0 saturated carbocycles. The van der Waals surface area contributed by atoms with Crippen LogP contribution in [0.15, 0.2) is 46.4 Å². The summed E-state index contributed by atoms with van der Waals surface area (Å²) in [6, 6.07) is 6.97. The number of aryl methyl sites for hydroxylation is 4. The maximum atomic E-state index is 13.0. The van der Waals surface area contributed by atoms with Gasteiger partial charge in [-0.05, 0) is 56.5 Å². The molecule has 0 unspecified atom stereocenters. The largest absolute Gasteiger partial charge is 0.480 e. The standard InChI is InChI=1S/C26H33N7O5S/c1-16-11-17(2)23(18(3)12-16)39(37,38)32-21(25(35)36)15-30-24(34)19-5-6-22-20(13-19)14-31-33(22)10-4-7-27-26-28-8-9-29-26/h5-6,11-14,21,32H,4,7-10,15H2,1-3H3,(H,30,34)(H,35,36)(H2,27,28,29)/t21-/m0/s1. The number of carbonyl (C=O) groups is 2. The van der Waals surface area contributed by atoms with Crippen molar-refractivity contribution in [3.63, 3.8) is 0 Å². The van der Waals surface area contributed by atoms with E-state index >= 15 is 0 Å². The number of aliphatic carboxylic acids is 1. The number of rotatable bonds is 11. The van der Waals surface area contributed by atoms with Crippen LogP contribution >= 0.6 is 0 Å². The second kappa shape index (κ2) is 11.8. The van der Waals surface area contributed by atoms with Gasteiger partial charge in [-0.25, -0.2) is 8.42 Å². The van der Waals surface area contributed by atoms with E-state index in [4.69, 9.17) is 0 Å². The first-order chi connectivity index (χ1) is 18.5. The number of sulfonamides is 1. The molecule has 0 fully saturated rings. The molecule has 3 aromatic rings. The van der Waals surface area contributed by atoms with E-state index in [1.165, 1.54) is 0 Å². The number of amides is 1. The van der Waals surface area contributed by atoms with E-state index < -0.39 is 34.5 Å². The normalized spacial score (nSPS) is 14.1. The molecule has 0 aliphatic carbocycles. The van der Waals surface area contributed by atoms with Gasteiger partial charge >= 0.3 is 5.97 Å². The van der Waals surface area contributed by atoms with Crippen LogP contribution < -0.4 is 20.7 Å². The lowest BCUT2D eigenvalue weighted by Gasteiger charge is -2.18. The Bertz CT molecular complexity index is 1510. The molecule has 4 rings (SSSR count). The van der Waals surface area contributed by atoms with E-state index in [0.29, 0.717) is 23.2 Å². The van der Waals surface area contributed by atoms with Crippen LogP contribution in [0.3, 0.4) is 0 Å². The second-order valence-electron chi connectivity index (χ2n) is 9.53. The van der Waals surface area contributed by atoms with Gasteiger partial charge in [-0.3, -0.25) is 19.3 Å². The number of carbonyl (C=O) groups excluding carboxylic acids is 1. The smallest absolute Gasteiger partial charge is 0.323 e. The number of nitrogens with one attached hydrogen (secondary N) is 4. The summed E-state index contributed by atoms with van der Waals surface area (Å²) in [5.41, 5.74) is 3.10. The predicted molar refractivity (Wildman–Crippen MR) is 147 cm³/mol. The molecule has 1 aliphatic rings. The molecular formula is C26H33N7O5S. The van der Waals surface area contributed by atoms with Gasteiger partial charge in [0.25, 0.3) is 5.91 Å². The van der Waals surface area contributed by atoms with Gasteiger partial charge in [-0.2, -0.15) is 9.82 Å². The number of aliphatic imine (C=N–C) groups is 1. The van der Waals surface area contributed by atoms with E-state index in [9.17, 15) is 23.1 Å². The molecule has 1 aliphatic heterocycles. The average Bonchev–Trinajstić information content (AvgIpc) is 3.52. The number of hydrogen-bond acceptors (Lipinski definition) is 8. The van der Waals surface area contributed by atoms with Gasteiger partial charge in [0.1, 0.15) is 6.04 Å². The lowest BCUT2D eigenvalue weighted by Crippen LogP contribution is -2.48. The van der Waals surface area contributed by atoms with E-state index in [-0.39, 0.29) is 4.90 Å². The Morgan fingerprint density at radius 1 is 1.15 bits per heavy atom. The van der Waals surface area contributed by atoms with E-state index in [1.54, 1.807) is 50.4 Å². The fourth-order valence-corrected chi connectivity index (χ4v) is 6.31. The minimum atomic E-state index is -4.14. The van der Waals surface area contributed by atoms with Gasteiger partial charge in [0.05, 0.1) is 23.2 Å². The molecule has 13 heteroatoms. The topological polar surface area (TPSA) is 167 Å². The summed E-state index contributed by atoms with van der Waals surface area (Å²) >= 11 is 0. The Kier molecular flexibility index (Phi) is 8.51. The van der Waals surface area contributed by atoms with Crippen LogP contribution in [0.5, 0.6) is 0 Å². The van der Waals surface area contributed by atoms with Crippen molar-refractivity contribution in [2.75, 3.05) is 26.2 Å². The van der Waals surface area contributed by atoms with Gasteiger partial charge < -0.3 is 21.1 Å². The minimum absolute atomic E-state index is 0.0351. The van der Waals surface area contributed by atoms with Crippen molar-refractivity contribution in [1.29, 1.82) is 0 Å². The van der Waals surface area contributed by atoms with Crippen molar-refractivity contribution < 1.29 is 23.1 Å². The number of aromatic nitrogens is 2. The minimum Gasteiger partial charge on any atom is -0.480 e. The zero-order valence-electron chi connectivity index (χ0n) is 22.1. The monoisotopic (exact) mass is 555 g/mol. The van der Waals surface area contributed by atoms with Crippen LogP contribution in [-0.4, -0.2) is 73.4 Å². The van der Waals surface area contributed by atoms with Gasteiger partial charge in [0.2, 0.25) is 10.0 Å². The van der Waals surface area contributed by atoms with Gasteiger partial charge in [-0.1, -0.05) is 17.7 Å². The summed E-state index contributed by atoms with van der Waals surface area (Å²) in [5.74, 6) is -1.11. The first-order valence-electron chi connectivity index (χ1n) is 12.6. The average molecular weight is 556 g/mol. The van der Waals surface area contributed by atoms with Crippen LogP contribution in [-0.2, 0) is 21.4 Å². The Morgan fingerprint density at radius 2 is 1.90 bits per heavy atom. The first kappa shape index (κ1) is 28.0. The molecule has 5 N–H and O–H groups in total. The van der Waals surface area contributed by atoms with Crippen LogP contribution in [0.25, 0.3) is 10.9 Å². The lowest BCUT2D eigenvalue weighted by molar-refractivity contribution is -0.138. The van der Waals surface area contributed by atoms with Crippen molar-refractivity contribution in [3.05, 3.63) is 58.8 Å². The number of guanidine groups is 1. The maximum Gasteiger partial charge on any atom is 0.323 e.